The van der Waals surface area contributed by atoms with E-state index in [2.05, 4.69) is 5.32 Å². The molecule has 1 atom stereocenters. The Labute approximate surface area is 117 Å². The quantitative estimate of drug-likeness (QED) is 0.782. The van der Waals surface area contributed by atoms with Gasteiger partial charge in [-0.05, 0) is 12.5 Å². The fourth-order valence-corrected chi connectivity index (χ4v) is 1.52. The third kappa shape index (κ3) is 4.72. The Hall–Kier alpha value is -2.37. The maximum Gasteiger partial charge on any atom is 0.326 e. The second-order valence-corrected chi connectivity index (χ2v) is 4.46. The van der Waals surface area contributed by atoms with Crippen LogP contribution in [0.4, 0.5) is 0 Å². The molecule has 1 aromatic carbocycles. The molecule has 0 saturated carbocycles. The monoisotopic (exact) mass is 278 g/mol. The molecule has 0 saturated heterocycles. The van der Waals surface area contributed by atoms with E-state index < -0.39 is 17.9 Å². The smallest absolute Gasteiger partial charge is 0.326 e. The zero-order valence-corrected chi connectivity index (χ0v) is 11.5. The van der Waals surface area contributed by atoms with Gasteiger partial charge in [0, 0.05) is 7.05 Å². The van der Waals surface area contributed by atoms with E-state index in [9.17, 15) is 14.4 Å². The van der Waals surface area contributed by atoms with Crippen molar-refractivity contribution < 1.29 is 19.5 Å². The van der Waals surface area contributed by atoms with Gasteiger partial charge >= 0.3 is 5.97 Å². The van der Waals surface area contributed by atoms with Crippen LogP contribution in [0.2, 0.25) is 0 Å². The first-order valence-electron chi connectivity index (χ1n) is 6.21. The largest absolute Gasteiger partial charge is 0.480 e. The Bertz CT molecular complexity index is 487. The van der Waals surface area contributed by atoms with Crippen LogP contribution in [0.15, 0.2) is 30.3 Å². The number of carbonyl (C=O) groups is 3. The van der Waals surface area contributed by atoms with Crippen LogP contribution in [0, 0.1) is 0 Å². The van der Waals surface area contributed by atoms with Crippen LogP contribution in [0.5, 0.6) is 0 Å². The summed E-state index contributed by atoms with van der Waals surface area (Å²) in [6, 6.07) is 8.23. The number of nitrogens with one attached hydrogen (secondary N) is 1. The fourth-order valence-electron chi connectivity index (χ4n) is 1.52. The van der Waals surface area contributed by atoms with Gasteiger partial charge in [-0.25, -0.2) is 4.79 Å². The zero-order valence-electron chi connectivity index (χ0n) is 11.5. The molecule has 1 unspecified atom stereocenters. The molecule has 0 aliphatic rings. The summed E-state index contributed by atoms with van der Waals surface area (Å²) in [7, 11) is 1.39. The first-order valence-corrected chi connectivity index (χ1v) is 6.21. The molecule has 0 aliphatic heterocycles. The summed E-state index contributed by atoms with van der Waals surface area (Å²) in [6.45, 7) is 1.20. The molecule has 2 amide bonds. The molecule has 6 nitrogen and oxygen atoms in total. The minimum absolute atomic E-state index is 0.187. The lowest BCUT2D eigenvalue weighted by Crippen LogP contribution is -2.45. The number of carboxylic acid groups (broad SMARTS) is 1. The standard InChI is InChI=1S/C14H18N2O4/c1-10(14(19)20)16(2)13(18)9-15-12(17)8-11-6-4-3-5-7-11/h3-7,10H,8-9H2,1-2H3,(H,15,17)(H,19,20). The Morgan fingerprint density at radius 1 is 1.25 bits per heavy atom. The second-order valence-electron chi connectivity index (χ2n) is 4.46. The number of hydrogen-bond donors (Lipinski definition) is 2. The Kier molecular flexibility index (Phi) is 5.71. The van der Waals surface area contributed by atoms with E-state index in [1.807, 2.05) is 30.3 Å². The van der Waals surface area contributed by atoms with Gasteiger partial charge in [0.15, 0.2) is 0 Å². The van der Waals surface area contributed by atoms with Crippen LogP contribution in [0.3, 0.4) is 0 Å². The van der Waals surface area contributed by atoms with Crippen molar-refractivity contribution in [1.29, 1.82) is 0 Å². The lowest BCUT2D eigenvalue weighted by atomic mass is 10.1. The molecular weight excluding hydrogens is 260 g/mol. The number of hydrogen-bond acceptors (Lipinski definition) is 3. The van der Waals surface area contributed by atoms with Crippen LogP contribution < -0.4 is 5.32 Å². The van der Waals surface area contributed by atoms with Gasteiger partial charge in [-0.1, -0.05) is 30.3 Å². The molecule has 0 heterocycles. The molecule has 0 radical (unpaired) electrons. The minimum Gasteiger partial charge on any atom is -0.480 e. The highest BCUT2D eigenvalue weighted by Gasteiger charge is 2.21. The first-order chi connectivity index (χ1) is 9.41. The Balaban J connectivity index is 2.41. The molecule has 6 heteroatoms. The van der Waals surface area contributed by atoms with Gasteiger partial charge in [0.2, 0.25) is 11.8 Å². The number of carboxylic acids is 1. The summed E-state index contributed by atoms with van der Waals surface area (Å²) < 4.78 is 0. The van der Waals surface area contributed by atoms with Gasteiger partial charge in [0.1, 0.15) is 6.04 Å². The second kappa shape index (κ2) is 7.28. The van der Waals surface area contributed by atoms with Crippen LogP contribution in [-0.2, 0) is 20.8 Å². The predicted molar refractivity (Wildman–Crippen MR) is 73.0 cm³/mol. The van der Waals surface area contributed by atoms with Crippen molar-refractivity contribution in [3.8, 4) is 0 Å². The van der Waals surface area contributed by atoms with Crippen molar-refractivity contribution in [2.45, 2.75) is 19.4 Å². The Morgan fingerprint density at radius 2 is 1.85 bits per heavy atom. The summed E-state index contributed by atoms with van der Waals surface area (Å²) in [5.74, 6) is -1.81. The molecule has 0 fully saturated rings. The van der Waals surface area contributed by atoms with E-state index in [1.54, 1.807) is 0 Å². The van der Waals surface area contributed by atoms with E-state index in [0.29, 0.717) is 0 Å². The lowest BCUT2D eigenvalue weighted by molar-refractivity contribution is -0.148. The average Bonchev–Trinajstić information content (AvgIpc) is 2.44. The van der Waals surface area contributed by atoms with Crippen molar-refractivity contribution in [2.75, 3.05) is 13.6 Å². The molecule has 0 aromatic heterocycles. The maximum atomic E-state index is 11.7. The van der Waals surface area contributed by atoms with Gasteiger partial charge in [-0.3, -0.25) is 9.59 Å². The van der Waals surface area contributed by atoms with Crippen LogP contribution in [0.25, 0.3) is 0 Å². The third-order valence-corrected chi connectivity index (χ3v) is 2.98. The highest BCUT2D eigenvalue weighted by atomic mass is 16.4. The predicted octanol–water partition coefficient (Wildman–Crippen LogP) is 0.277. The SMILES string of the molecule is CC(C(=O)O)N(C)C(=O)CNC(=O)Cc1ccccc1. The van der Waals surface area contributed by atoms with Crippen LogP contribution in [-0.4, -0.2) is 47.4 Å². The average molecular weight is 278 g/mol. The maximum absolute atomic E-state index is 11.7. The molecule has 1 aromatic rings. The van der Waals surface area contributed by atoms with Crippen molar-refractivity contribution in [3.05, 3.63) is 35.9 Å². The number of likely N-dealkylation sites (N-methyl/N-ethyl adjacent to an activating group) is 1. The van der Waals surface area contributed by atoms with Gasteiger partial charge < -0.3 is 15.3 Å². The van der Waals surface area contributed by atoms with Gasteiger partial charge in [-0.15, -0.1) is 0 Å². The molecule has 2 N–H and O–H groups in total. The highest BCUT2D eigenvalue weighted by Crippen LogP contribution is 1.99. The normalized spacial score (nSPS) is 11.5. The fraction of sp³-hybridized carbons (Fsp3) is 0.357. The van der Waals surface area contributed by atoms with Crippen molar-refractivity contribution in [1.82, 2.24) is 10.2 Å². The van der Waals surface area contributed by atoms with Gasteiger partial charge in [-0.2, -0.15) is 0 Å². The number of nitrogens with zero attached hydrogens (tertiary/aromatic N) is 1. The first kappa shape index (κ1) is 15.7. The molecule has 0 aliphatic carbocycles. The molecule has 0 spiro atoms. The van der Waals surface area contributed by atoms with Gasteiger partial charge in [0.25, 0.3) is 0 Å². The Morgan fingerprint density at radius 3 is 2.40 bits per heavy atom. The van der Waals surface area contributed by atoms with E-state index >= 15 is 0 Å². The minimum atomic E-state index is -1.09. The van der Waals surface area contributed by atoms with Crippen molar-refractivity contribution in [3.63, 3.8) is 0 Å². The summed E-state index contributed by atoms with van der Waals surface area (Å²) in [6.07, 6.45) is 0.187. The number of rotatable bonds is 6. The van der Waals surface area contributed by atoms with E-state index in [-0.39, 0.29) is 18.9 Å². The topological polar surface area (TPSA) is 86.7 Å². The van der Waals surface area contributed by atoms with Crippen molar-refractivity contribution in [2.24, 2.45) is 0 Å². The lowest BCUT2D eigenvalue weighted by Gasteiger charge is -2.21. The van der Waals surface area contributed by atoms with Crippen molar-refractivity contribution >= 4 is 17.8 Å². The van der Waals surface area contributed by atoms with Crippen LogP contribution >= 0.6 is 0 Å². The van der Waals surface area contributed by atoms with Gasteiger partial charge in [0.05, 0.1) is 13.0 Å². The molecule has 0 bridgehead atoms. The number of amides is 2. The third-order valence-electron chi connectivity index (χ3n) is 2.98. The molecular formula is C14H18N2O4. The highest BCUT2D eigenvalue weighted by molar-refractivity contribution is 5.88. The number of aliphatic carboxylic acids is 1. The van der Waals surface area contributed by atoms with E-state index in [4.69, 9.17) is 5.11 Å². The molecule has 1 rings (SSSR count). The van der Waals surface area contributed by atoms with E-state index in [0.717, 1.165) is 10.5 Å². The molecule has 20 heavy (non-hydrogen) atoms. The summed E-state index contributed by atoms with van der Waals surface area (Å²) >= 11 is 0. The summed E-state index contributed by atoms with van der Waals surface area (Å²) in [5.41, 5.74) is 0.852. The number of benzene rings is 1. The van der Waals surface area contributed by atoms with Crippen LogP contribution in [0.1, 0.15) is 12.5 Å². The number of carbonyl (C=O) groups excluding carboxylic acids is 2. The summed E-state index contributed by atoms with van der Waals surface area (Å²) in [4.78, 5) is 35.2. The van der Waals surface area contributed by atoms with E-state index in [1.165, 1.54) is 14.0 Å². The molecule has 108 valence electrons. The summed E-state index contributed by atoms with van der Waals surface area (Å²) in [5, 5.41) is 11.3. The zero-order chi connectivity index (χ0) is 15.1.